The van der Waals surface area contributed by atoms with Gasteiger partial charge in [0.15, 0.2) is 0 Å². The number of nitrogens with one attached hydrogen (secondary N) is 2. The Balaban J connectivity index is 1.76. The maximum absolute atomic E-state index is 13.8. The van der Waals surface area contributed by atoms with E-state index in [1.54, 1.807) is 12.1 Å². The standard InChI is InChI=1S/C22H19FN2O5S/c23-17-8-11-20(25-31(29,30)13-12-15-4-2-1-3-5-15)19(14-17)21(26)24-18-9-6-16(7-10-18)22(27)28/h1-11,14,25H,12-13H2,(H,24,26)(H,27,28). The number of aromatic carboxylic acids is 1. The summed E-state index contributed by atoms with van der Waals surface area (Å²) >= 11 is 0. The summed E-state index contributed by atoms with van der Waals surface area (Å²) in [5, 5.41) is 11.4. The molecule has 3 aromatic rings. The van der Waals surface area contributed by atoms with Crippen LogP contribution in [0, 0.1) is 5.82 Å². The predicted molar refractivity (Wildman–Crippen MR) is 115 cm³/mol. The van der Waals surface area contributed by atoms with Crippen molar-refractivity contribution in [3.8, 4) is 0 Å². The first-order chi connectivity index (χ1) is 14.7. The van der Waals surface area contributed by atoms with E-state index in [4.69, 9.17) is 5.11 Å². The minimum Gasteiger partial charge on any atom is -0.478 e. The van der Waals surface area contributed by atoms with Gasteiger partial charge in [0.05, 0.1) is 22.6 Å². The first-order valence-corrected chi connectivity index (χ1v) is 10.9. The average Bonchev–Trinajstić information content (AvgIpc) is 2.74. The molecular weight excluding hydrogens is 423 g/mol. The van der Waals surface area contributed by atoms with Gasteiger partial charge in [-0.15, -0.1) is 0 Å². The van der Waals surface area contributed by atoms with Gasteiger partial charge in [-0.25, -0.2) is 17.6 Å². The summed E-state index contributed by atoms with van der Waals surface area (Å²) in [6.45, 7) is 0. The number of anilines is 2. The van der Waals surface area contributed by atoms with E-state index in [0.717, 1.165) is 17.7 Å². The van der Waals surface area contributed by atoms with Crippen LogP contribution in [-0.4, -0.2) is 31.2 Å². The molecule has 1 amide bonds. The Kier molecular flexibility index (Phi) is 6.66. The smallest absolute Gasteiger partial charge is 0.335 e. The van der Waals surface area contributed by atoms with Crippen molar-refractivity contribution in [1.29, 1.82) is 0 Å². The summed E-state index contributed by atoms with van der Waals surface area (Å²) in [5.74, 6) is -2.79. The van der Waals surface area contributed by atoms with Crippen molar-refractivity contribution in [1.82, 2.24) is 0 Å². The monoisotopic (exact) mass is 442 g/mol. The van der Waals surface area contributed by atoms with Gasteiger partial charge in [-0.2, -0.15) is 0 Å². The number of rotatable bonds is 8. The van der Waals surface area contributed by atoms with Gasteiger partial charge in [0.2, 0.25) is 10.0 Å². The van der Waals surface area contributed by atoms with Crippen molar-refractivity contribution in [2.45, 2.75) is 6.42 Å². The normalized spacial score (nSPS) is 11.0. The third kappa shape index (κ3) is 6.13. The number of hydrogen-bond acceptors (Lipinski definition) is 4. The SMILES string of the molecule is O=C(O)c1ccc(NC(=O)c2cc(F)ccc2NS(=O)(=O)CCc2ccccc2)cc1. The van der Waals surface area contributed by atoms with Crippen LogP contribution >= 0.6 is 0 Å². The number of carbonyl (C=O) groups is 2. The van der Waals surface area contributed by atoms with Crippen LogP contribution in [0.25, 0.3) is 0 Å². The summed E-state index contributed by atoms with van der Waals surface area (Å²) in [4.78, 5) is 23.6. The Hall–Kier alpha value is -3.72. The Morgan fingerprint density at radius 2 is 1.61 bits per heavy atom. The van der Waals surface area contributed by atoms with Crippen LogP contribution in [0.2, 0.25) is 0 Å². The molecule has 3 rings (SSSR count). The molecule has 160 valence electrons. The van der Waals surface area contributed by atoms with Gasteiger partial charge in [-0.3, -0.25) is 9.52 Å². The Morgan fingerprint density at radius 1 is 0.935 bits per heavy atom. The van der Waals surface area contributed by atoms with Gasteiger partial charge >= 0.3 is 5.97 Å². The number of carboxylic acid groups (broad SMARTS) is 1. The van der Waals surface area contributed by atoms with Gasteiger partial charge in [-0.05, 0) is 54.4 Å². The molecule has 0 atom stereocenters. The third-order valence-electron chi connectivity index (χ3n) is 4.38. The molecule has 3 aromatic carbocycles. The summed E-state index contributed by atoms with van der Waals surface area (Å²) in [6, 6.07) is 17.6. The van der Waals surface area contributed by atoms with Crippen LogP contribution < -0.4 is 10.0 Å². The highest BCUT2D eigenvalue weighted by molar-refractivity contribution is 7.92. The molecular formula is C22H19FN2O5S. The fourth-order valence-corrected chi connectivity index (χ4v) is 3.92. The van der Waals surface area contributed by atoms with E-state index in [0.29, 0.717) is 0 Å². The minimum absolute atomic E-state index is 0.0376. The molecule has 7 nitrogen and oxygen atoms in total. The molecule has 0 spiro atoms. The zero-order chi connectivity index (χ0) is 22.4. The number of carbonyl (C=O) groups excluding carboxylic acids is 1. The maximum atomic E-state index is 13.8. The summed E-state index contributed by atoms with van der Waals surface area (Å²) in [5.41, 5.74) is 0.891. The molecule has 31 heavy (non-hydrogen) atoms. The summed E-state index contributed by atoms with van der Waals surface area (Å²) < 4.78 is 41.1. The molecule has 0 aliphatic carbocycles. The van der Waals surface area contributed by atoms with Crippen molar-refractivity contribution >= 4 is 33.3 Å². The number of halogens is 1. The zero-order valence-corrected chi connectivity index (χ0v) is 17.0. The molecule has 0 bridgehead atoms. The largest absolute Gasteiger partial charge is 0.478 e. The van der Waals surface area contributed by atoms with Gasteiger partial charge in [0.1, 0.15) is 5.82 Å². The fraction of sp³-hybridized carbons (Fsp3) is 0.0909. The van der Waals surface area contributed by atoms with E-state index >= 15 is 0 Å². The first kappa shape index (κ1) is 22.0. The highest BCUT2D eigenvalue weighted by Crippen LogP contribution is 2.21. The molecule has 0 saturated heterocycles. The minimum atomic E-state index is -3.81. The quantitative estimate of drug-likeness (QED) is 0.492. The first-order valence-electron chi connectivity index (χ1n) is 9.22. The highest BCUT2D eigenvalue weighted by Gasteiger charge is 2.18. The van der Waals surface area contributed by atoms with E-state index < -0.39 is 27.7 Å². The van der Waals surface area contributed by atoms with E-state index in [2.05, 4.69) is 10.0 Å². The highest BCUT2D eigenvalue weighted by atomic mass is 32.2. The summed E-state index contributed by atoms with van der Waals surface area (Å²) in [7, 11) is -3.81. The Bertz CT molecular complexity index is 1200. The molecule has 0 aliphatic rings. The zero-order valence-electron chi connectivity index (χ0n) is 16.2. The molecule has 3 N–H and O–H groups in total. The number of carboxylic acids is 1. The van der Waals surface area contributed by atoms with Crippen molar-refractivity contribution < 1.29 is 27.5 Å². The molecule has 0 unspecified atom stereocenters. The predicted octanol–water partition coefficient (Wildman–Crippen LogP) is 3.76. The van der Waals surface area contributed by atoms with E-state index in [9.17, 15) is 22.4 Å². The van der Waals surface area contributed by atoms with Gasteiger partial charge < -0.3 is 10.4 Å². The van der Waals surface area contributed by atoms with E-state index in [-0.39, 0.29) is 34.7 Å². The maximum Gasteiger partial charge on any atom is 0.335 e. The number of amides is 1. The lowest BCUT2D eigenvalue weighted by atomic mass is 10.1. The van der Waals surface area contributed by atoms with Crippen molar-refractivity contribution in [3.05, 3.63) is 95.3 Å². The molecule has 0 aliphatic heterocycles. The Labute approximate surface area is 178 Å². The van der Waals surface area contributed by atoms with Crippen LogP contribution in [0.3, 0.4) is 0 Å². The average molecular weight is 442 g/mol. The van der Waals surface area contributed by atoms with Crippen LogP contribution in [0.5, 0.6) is 0 Å². The second-order valence-electron chi connectivity index (χ2n) is 6.68. The van der Waals surface area contributed by atoms with E-state index in [1.165, 1.54) is 30.3 Å². The third-order valence-corrected chi connectivity index (χ3v) is 5.66. The number of benzene rings is 3. The van der Waals surface area contributed by atoms with Gasteiger partial charge in [-0.1, -0.05) is 30.3 Å². The Morgan fingerprint density at radius 3 is 2.26 bits per heavy atom. The lowest BCUT2D eigenvalue weighted by molar-refractivity contribution is 0.0696. The molecule has 0 heterocycles. The molecule has 0 saturated carbocycles. The van der Waals surface area contributed by atoms with E-state index in [1.807, 2.05) is 18.2 Å². The molecule has 0 aromatic heterocycles. The van der Waals surface area contributed by atoms with Crippen molar-refractivity contribution in [2.75, 3.05) is 15.8 Å². The lowest BCUT2D eigenvalue weighted by Crippen LogP contribution is -2.21. The number of hydrogen-bond donors (Lipinski definition) is 3. The molecule has 9 heteroatoms. The van der Waals surface area contributed by atoms with Crippen molar-refractivity contribution in [2.24, 2.45) is 0 Å². The summed E-state index contributed by atoms with van der Waals surface area (Å²) in [6.07, 6.45) is 0.273. The van der Waals surface area contributed by atoms with Crippen LogP contribution in [-0.2, 0) is 16.4 Å². The second kappa shape index (κ2) is 9.40. The van der Waals surface area contributed by atoms with Crippen LogP contribution in [0.1, 0.15) is 26.3 Å². The van der Waals surface area contributed by atoms with Crippen molar-refractivity contribution in [3.63, 3.8) is 0 Å². The van der Waals surface area contributed by atoms with Gasteiger partial charge in [0, 0.05) is 5.69 Å². The molecule has 0 fully saturated rings. The molecule has 0 radical (unpaired) electrons. The number of aryl methyl sites for hydroxylation is 1. The fourth-order valence-electron chi connectivity index (χ4n) is 2.80. The number of sulfonamides is 1. The topological polar surface area (TPSA) is 113 Å². The van der Waals surface area contributed by atoms with Gasteiger partial charge in [0.25, 0.3) is 5.91 Å². The second-order valence-corrected chi connectivity index (χ2v) is 8.52. The van der Waals surface area contributed by atoms with Crippen LogP contribution in [0.15, 0.2) is 72.8 Å². The van der Waals surface area contributed by atoms with Crippen LogP contribution in [0.4, 0.5) is 15.8 Å². The lowest BCUT2D eigenvalue weighted by Gasteiger charge is -2.13.